The van der Waals surface area contributed by atoms with Crippen molar-refractivity contribution in [1.82, 2.24) is 9.80 Å². The van der Waals surface area contributed by atoms with Crippen LogP contribution < -0.4 is 9.47 Å². The topological polar surface area (TPSA) is 45.2 Å². The zero-order valence-corrected chi connectivity index (χ0v) is 14.4. The summed E-state index contributed by atoms with van der Waals surface area (Å²) in [5.74, 6) is 1.60. The van der Waals surface area contributed by atoms with E-state index < -0.39 is 0 Å². The van der Waals surface area contributed by atoms with Gasteiger partial charge in [-0.3, -0.25) is 9.80 Å². The SMILES string of the molecule is CCOc1ccc(CN2C[C@H]3C[C@@H](O)CN3C[C@H]2C)cc1OC. The molecule has 1 aromatic rings. The lowest BCUT2D eigenvalue weighted by Crippen LogP contribution is -2.54. The van der Waals surface area contributed by atoms with E-state index in [1.165, 1.54) is 5.56 Å². The minimum Gasteiger partial charge on any atom is -0.493 e. The Kier molecular flexibility index (Phi) is 5.09. The van der Waals surface area contributed by atoms with Gasteiger partial charge in [0.2, 0.25) is 0 Å². The van der Waals surface area contributed by atoms with E-state index in [4.69, 9.17) is 9.47 Å². The third kappa shape index (κ3) is 3.62. The van der Waals surface area contributed by atoms with Crippen LogP contribution in [-0.2, 0) is 6.54 Å². The van der Waals surface area contributed by atoms with Crippen LogP contribution in [0.4, 0.5) is 0 Å². The fourth-order valence-electron chi connectivity index (χ4n) is 3.82. The van der Waals surface area contributed by atoms with Crippen molar-refractivity contribution in [2.45, 2.75) is 45.0 Å². The monoisotopic (exact) mass is 320 g/mol. The lowest BCUT2D eigenvalue weighted by molar-refractivity contribution is 0.0528. The van der Waals surface area contributed by atoms with Gasteiger partial charge in [0, 0.05) is 38.3 Å². The van der Waals surface area contributed by atoms with E-state index in [0.29, 0.717) is 18.7 Å². The van der Waals surface area contributed by atoms with E-state index in [0.717, 1.165) is 44.1 Å². The molecule has 128 valence electrons. The number of benzene rings is 1. The maximum Gasteiger partial charge on any atom is 0.161 e. The van der Waals surface area contributed by atoms with Crippen LogP contribution in [0.5, 0.6) is 11.5 Å². The van der Waals surface area contributed by atoms with Gasteiger partial charge in [0.05, 0.1) is 19.8 Å². The van der Waals surface area contributed by atoms with E-state index in [9.17, 15) is 5.11 Å². The van der Waals surface area contributed by atoms with Crippen molar-refractivity contribution in [2.24, 2.45) is 0 Å². The molecule has 0 amide bonds. The molecule has 5 heteroatoms. The third-order valence-corrected chi connectivity index (χ3v) is 4.99. The second-order valence-corrected chi connectivity index (χ2v) is 6.69. The standard InChI is InChI=1S/C18H28N2O3/c1-4-23-17-6-5-14(7-18(17)22-3)10-19-11-15-8-16(21)12-20(15)9-13(19)2/h5-7,13,15-16,21H,4,8-12H2,1-3H3/t13-,15-,16-/m1/s1. The Balaban J connectivity index is 1.69. The molecule has 0 unspecified atom stereocenters. The maximum absolute atomic E-state index is 9.88. The van der Waals surface area contributed by atoms with E-state index >= 15 is 0 Å². The van der Waals surface area contributed by atoms with Crippen molar-refractivity contribution in [3.8, 4) is 11.5 Å². The van der Waals surface area contributed by atoms with Gasteiger partial charge < -0.3 is 14.6 Å². The molecule has 0 aliphatic carbocycles. The first-order valence-electron chi connectivity index (χ1n) is 8.56. The molecule has 3 atom stereocenters. The minimum atomic E-state index is -0.155. The van der Waals surface area contributed by atoms with Crippen molar-refractivity contribution in [1.29, 1.82) is 0 Å². The highest BCUT2D eigenvalue weighted by Gasteiger charge is 2.37. The highest BCUT2D eigenvalue weighted by molar-refractivity contribution is 5.43. The van der Waals surface area contributed by atoms with Gasteiger partial charge in [0.1, 0.15) is 0 Å². The first kappa shape index (κ1) is 16.6. The summed E-state index contributed by atoms with van der Waals surface area (Å²) >= 11 is 0. The number of ether oxygens (including phenoxy) is 2. The fraction of sp³-hybridized carbons (Fsp3) is 0.667. The van der Waals surface area contributed by atoms with Crippen LogP contribution in [0, 0.1) is 0 Å². The molecule has 2 aliphatic heterocycles. The number of methoxy groups -OCH3 is 1. The van der Waals surface area contributed by atoms with Crippen molar-refractivity contribution in [2.75, 3.05) is 33.4 Å². The third-order valence-electron chi connectivity index (χ3n) is 4.99. The summed E-state index contributed by atoms with van der Waals surface area (Å²) in [6.07, 6.45) is 0.744. The smallest absolute Gasteiger partial charge is 0.161 e. The minimum absolute atomic E-state index is 0.155. The van der Waals surface area contributed by atoms with Gasteiger partial charge in [-0.1, -0.05) is 6.07 Å². The van der Waals surface area contributed by atoms with E-state index in [1.807, 2.05) is 13.0 Å². The van der Waals surface area contributed by atoms with Gasteiger partial charge in [-0.2, -0.15) is 0 Å². The van der Waals surface area contributed by atoms with Gasteiger partial charge >= 0.3 is 0 Å². The highest BCUT2D eigenvalue weighted by atomic mass is 16.5. The van der Waals surface area contributed by atoms with Crippen molar-refractivity contribution < 1.29 is 14.6 Å². The predicted octanol–water partition coefficient (Wildman–Crippen LogP) is 1.73. The summed E-state index contributed by atoms with van der Waals surface area (Å²) in [6.45, 7) is 8.68. The van der Waals surface area contributed by atoms with Crippen LogP contribution in [0.1, 0.15) is 25.8 Å². The molecule has 2 aliphatic rings. The number of rotatable bonds is 5. The van der Waals surface area contributed by atoms with E-state index in [2.05, 4.69) is 28.9 Å². The van der Waals surface area contributed by atoms with E-state index in [-0.39, 0.29) is 6.10 Å². The summed E-state index contributed by atoms with van der Waals surface area (Å²) in [7, 11) is 1.68. The van der Waals surface area contributed by atoms with Crippen LogP contribution >= 0.6 is 0 Å². The number of aliphatic hydroxyl groups excluding tert-OH is 1. The number of nitrogens with zero attached hydrogens (tertiary/aromatic N) is 2. The Labute approximate surface area is 138 Å². The van der Waals surface area contributed by atoms with Crippen LogP contribution in [-0.4, -0.2) is 66.4 Å². The van der Waals surface area contributed by atoms with Gasteiger partial charge in [-0.05, 0) is 38.0 Å². The predicted molar refractivity (Wildman–Crippen MR) is 90.0 cm³/mol. The summed E-state index contributed by atoms with van der Waals surface area (Å²) in [6, 6.07) is 7.18. The Morgan fingerprint density at radius 3 is 2.78 bits per heavy atom. The van der Waals surface area contributed by atoms with Crippen LogP contribution in [0.15, 0.2) is 18.2 Å². The van der Waals surface area contributed by atoms with Gasteiger partial charge in [0.15, 0.2) is 11.5 Å². The molecule has 3 rings (SSSR count). The lowest BCUT2D eigenvalue weighted by Gasteiger charge is -2.42. The molecular weight excluding hydrogens is 292 g/mol. The quantitative estimate of drug-likeness (QED) is 0.895. The Bertz CT molecular complexity index is 537. The zero-order valence-electron chi connectivity index (χ0n) is 14.4. The number of hydrogen-bond acceptors (Lipinski definition) is 5. The molecule has 0 bridgehead atoms. The lowest BCUT2D eigenvalue weighted by atomic mass is 10.1. The number of piperazine rings is 1. The summed E-state index contributed by atoms with van der Waals surface area (Å²) in [5, 5.41) is 9.88. The molecule has 0 aromatic heterocycles. The molecule has 0 saturated carbocycles. The van der Waals surface area contributed by atoms with Gasteiger partial charge in [-0.15, -0.1) is 0 Å². The normalized spacial score (nSPS) is 28.6. The molecule has 5 nitrogen and oxygen atoms in total. The second kappa shape index (κ2) is 7.07. The van der Waals surface area contributed by atoms with Crippen LogP contribution in [0.3, 0.4) is 0 Å². The molecule has 2 saturated heterocycles. The Morgan fingerprint density at radius 1 is 1.22 bits per heavy atom. The van der Waals surface area contributed by atoms with Crippen molar-refractivity contribution in [3.63, 3.8) is 0 Å². The number of hydrogen-bond donors (Lipinski definition) is 1. The van der Waals surface area contributed by atoms with Crippen molar-refractivity contribution >= 4 is 0 Å². The van der Waals surface area contributed by atoms with Crippen LogP contribution in [0.25, 0.3) is 0 Å². The molecule has 0 radical (unpaired) electrons. The average Bonchev–Trinajstić information content (AvgIpc) is 2.88. The molecular formula is C18H28N2O3. The summed E-state index contributed by atoms with van der Waals surface area (Å²) in [5.41, 5.74) is 1.24. The Morgan fingerprint density at radius 2 is 2.04 bits per heavy atom. The molecule has 23 heavy (non-hydrogen) atoms. The number of fused-ring (bicyclic) bond motifs is 1. The van der Waals surface area contributed by atoms with Crippen molar-refractivity contribution in [3.05, 3.63) is 23.8 Å². The van der Waals surface area contributed by atoms with Gasteiger partial charge in [-0.25, -0.2) is 0 Å². The average molecular weight is 320 g/mol. The fourth-order valence-corrected chi connectivity index (χ4v) is 3.82. The zero-order chi connectivity index (χ0) is 16.4. The highest BCUT2D eigenvalue weighted by Crippen LogP contribution is 2.30. The maximum atomic E-state index is 9.88. The Hall–Kier alpha value is -1.30. The largest absolute Gasteiger partial charge is 0.493 e. The first-order valence-corrected chi connectivity index (χ1v) is 8.56. The van der Waals surface area contributed by atoms with Gasteiger partial charge in [0.25, 0.3) is 0 Å². The molecule has 1 aromatic carbocycles. The first-order chi connectivity index (χ1) is 11.1. The summed E-state index contributed by atoms with van der Waals surface area (Å²) < 4.78 is 11.0. The molecule has 2 heterocycles. The molecule has 1 N–H and O–H groups in total. The summed E-state index contributed by atoms with van der Waals surface area (Å²) in [4.78, 5) is 4.94. The molecule has 2 fully saturated rings. The molecule has 0 spiro atoms. The number of aliphatic hydroxyl groups is 1. The van der Waals surface area contributed by atoms with E-state index in [1.54, 1.807) is 7.11 Å². The second-order valence-electron chi connectivity index (χ2n) is 6.69. The van der Waals surface area contributed by atoms with Crippen LogP contribution in [0.2, 0.25) is 0 Å².